The van der Waals surface area contributed by atoms with Gasteiger partial charge in [0.1, 0.15) is 0 Å². The number of rotatable bonds is 7. The Balaban J connectivity index is 1.53. The Hall–Kier alpha value is -1.78. The van der Waals surface area contributed by atoms with Crippen LogP contribution in [0.2, 0.25) is 0 Å². The van der Waals surface area contributed by atoms with Crippen molar-refractivity contribution in [2.75, 3.05) is 62.3 Å². The Morgan fingerprint density at radius 1 is 1.33 bits per heavy atom. The van der Waals surface area contributed by atoms with Crippen LogP contribution in [0.25, 0.3) is 0 Å². The van der Waals surface area contributed by atoms with E-state index in [-0.39, 0.29) is 23.5 Å². The molecule has 2 fully saturated rings. The highest BCUT2D eigenvalue weighted by molar-refractivity contribution is 7.91. The molecular weight excluding hydrogens is 370 g/mol. The van der Waals surface area contributed by atoms with Crippen LogP contribution in [0.5, 0.6) is 0 Å². The number of sulfone groups is 1. The molecule has 1 unspecified atom stereocenters. The average Bonchev–Trinajstić information content (AvgIpc) is 3.03. The van der Waals surface area contributed by atoms with Gasteiger partial charge in [-0.15, -0.1) is 0 Å². The SMILES string of the molecule is CCN(c1ncc(C(=O)NCCN2CCOCC2)cn1)C1CCS(=O)(=O)C1. The van der Waals surface area contributed by atoms with Gasteiger partial charge in [-0.05, 0) is 13.3 Å². The number of nitrogens with one attached hydrogen (secondary N) is 1. The van der Waals surface area contributed by atoms with Crippen LogP contribution in [-0.2, 0) is 14.6 Å². The number of hydrogen-bond acceptors (Lipinski definition) is 8. The number of carbonyl (C=O) groups excluding carboxylic acids is 1. The molecule has 0 saturated carbocycles. The summed E-state index contributed by atoms with van der Waals surface area (Å²) in [6.45, 7) is 7.15. The summed E-state index contributed by atoms with van der Waals surface area (Å²) < 4.78 is 28.7. The molecule has 1 aromatic heterocycles. The van der Waals surface area contributed by atoms with Crippen LogP contribution >= 0.6 is 0 Å². The molecule has 1 amide bonds. The van der Waals surface area contributed by atoms with Gasteiger partial charge in [-0.3, -0.25) is 9.69 Å². The number of hydrogen-bond donors (Lipinski definition) is 1. The van der Waals surface area contributed by atoms with E-state index in [9.17, 15) is 13.2 Å². The van der Waals surface area contributed by atoms with Crippen LogP contribution in [0.3, 0.4) is 0 Å². The predicted octanol–water partition coefficient (Wildman–Crippen LogP) is -0.448. The topological polar surface area (TPSA) is 105 Å². The number of ether oxygens (including phenoxy) is 1. The van der Waals surface area contributed by atoms with Gasteiger partial charge in [0.15, 0.2) is 9.84 Å². The van der Waals surface area contributed by atoms with E-state index in [2.05, 4.69) is 20.2 Å². The highest BCUT2D eigenvalue weighted by atomic mass is 32.2. The van der Waals surface area contributed by atoms with Crippen molar-refractivity contribution >= 4 is 21.7 Å². The third-order valence-corrected chi connectivity index (χ3v) is 6.71. The molecule has 0 radical (unpaired) electrons. The van der Waals surface area contributed by atoms with Gasteiger partial charge in [-0.25, -0.2) is 18.4 Å². The van der Waals surface area contributed by atoms with Crippen LogP contribution in [0, 0.1) is 0 Å². The molecule has 9 nitrogen and oxygen atoms in total. The third-order valence-electron chi connectivity index (χ3n) is 4.96. The van der Waals surface area contributed by atoms with Crippen LogP contribution in [-0.4, -0.2) is 92.7 Å². The van der Waals surface area contributed by atoms with Gasteiger partial charge >= 0.3 is 0 Å². The molecule has 0 aliphatic carbocycles. The van der Waals surface area contributed by atoms with E-state index in [1.54, 1.807) is 0 Å². The molecule has 1 aromatic rings. The number of aromatic nitrogens is 2. The zero-order chi connectivity index (χ0) is 19.3. The molecule has 10 heteroatoms. The maximum Gasteiger partial charge on any atom is 0.254 e. The minimum Gasteiger partial charge on any atom is -0.379 e. The zero-order valence-corrected chi connectivity index (χ0v) is 16.4. The second-order valence-corrected chi connectivity index (χ2v) is 9.05. The van der Waals surface area contributed by atoms with E-state index in [0.717, 1.165) is 32.8 Å². The summed E-state index contributed by atoms with van der Waals surface area (Å²) in [6, 6.07) is -0.104. The molecule has 1 atom stereocenters. The van der Waals surface area contributed by atoms with E-state index >= 15 is 0 Å². The zero-order valence-electron chi connectivity index (χ0n) is 15.6. The molecule has 3 heterocycles. The molecule has 0 aromatic carbocycles. The number of morpholine rings is 1. The van der Waals surface area contributed by atoms with Crippen molar-refractivity contribution in [1.29, 1.82) is 0 Å². The highest BCUT2D eigenvalue weighted by Gasteiger charge is 2.32. The third kappa shape index (κ3) is 5.36. The second-order valence-electron chi connectivity index (χ2n) is 6.82. The summed E-state index contributed by atoms with van der Waals surface area (Å²) in [6.07, 6.45) is 3.58. The van der Waals surface area contributed by atoms with Gasteiger partial charge < -0.3 is 15.0 Å². The Bertz CT molecular complexity index is 734. The minimum absolute atomic E-state index is 0.104. The highest BCUT2D eigenvalue weighted by Crippen LogP contribution is 2.21. The van der Waals surface area contributed by atoms with Crippen molar-refractivity contribution < 1.29 is 17.9 Å². The van der Waals surface area contributed by atoms with Crippen molar-refractivity contribution in [3.63, 3.8) is 0 Å². The van der Waals surface area contributed by atoms with Crippen molar-refractivity contribution in [2.24, 2.45) is 0 Å². The van der Waals surface area contributed by atoms with Crippen LogP contribution in [0.15, 0.2) is 12.4 Å². The van der Waals surface area contributed by atoms with E-state index in [1.165, 1.54) is 12.4 Å². The molecule has 3 rings (SSSR count). The first-order valence-corrected chi connectivity index (χ1v) is 11.2. The van der Waals surface area contributed by atoms with E-state index in [4.69, 9.17) is 4.74 Å². The maximum absolute atomic E-state index is 12.3. The van der Waals surface area contributed by atoms with Gasteiger partial charge in [0.2, 0.25) is 5.95 Å². The smallest absolute Gasteiger partial charge is 0.254 e. The fourth-order valence-electron chi connectivity index (χ4n) is 3.43. The standard InChI is InChI=1S/C17H27N5O4S/c1-2-22(15-3-10-27(24,25)13-15)17-19-11-14(12-20-17)16(23)18-4-5-21-6-8-26-9-7-21/h11-12,15H,2-10,13H2,1H3,(H,18,23). The lowest BCUT2D eigenvalue weighted by Crippen LogP contribution is -2.41. The van der Waals surface area contributed by atoms with Crippen molar-refractivity contribution in [1.82, 2.24) is 20.2 Å². The predicted molar refractivity (Wildman–Crippen MR) is 102 cm³/mol. The molecule has 1 N–H and O–H groups in total. The Labute approximate surface area is 160 Å². The minimum atomic E-state index is -2.97. The summed E-state index contributed by atoms with van der Waals surface area (Å²) in [4.78, 5) is 25.0. The lowest BCUT2D eigenvalue weighted by Gasteiger charge is -2.27. The number of carbonyl (C=O) groups is 1. The van der Waals surface area contributed by atoms with Gasteiger partial charge in [0, 0.05) is 51.2 Å². The first-order chi connectivity index (χ1) is 13.0. The summed E-state index contributed by atoms with van der Waals surface area (Å²) in [7, 11) is -2.97. The van der Waals surface area contributed by atoms with Gasteiger partial charge in [0.25, 0.3) is 5.91 Å². The maximum atomic E-state index is 12.3. The number of anilines is 1. The van der Waals surface area contributed by atoms with E-state index < -0.39 is 9.84 Å². The number of amides is 1. The van der Waals surface area contributed by atoms with Gasteiger partial charge in [-0.2, -0.15) is 0 Å². The monoisotopic (exact) mass is 397 g/mol. The molecule has 2 aliphatic rings. The largest absolute Gasteiger partial charge is 0.379 e. The van der Waals surface area contributed by atoms with E-state index in [0.29, 0.717) is 31.0 Å². The fraction of sp³-hybridized carbons (Fsp3) is 0.706. The summed E-state index contributed by atoms with van der Waals surface area (Å²) in [5.74, 6) is 0.594. The van der Waals surface area contributed by atoms with Crippen molar-refractivity contribution in [3.05, 3.63) is 18.0 Å². The van der Waals surface area contributed by atoms with Gasteiger partial charge in [0.05, 0.1) is 30.3 Å². The first-order valence-electron chi connectivity index (χ1n) is 9.36. The summed E-state index contributed by atoms with van der Waals surface area (Å²) in [5, 5.41) is 2.88. The Morgan fingerprint density at radius 2 is 2.04 bits per heavy atom. The molecule has 0 spiro atoms. The Kier molecular flexibility index (Phi) is 6.61. The van der Waals surface area contributed by atoms with Gasteiger partial charge in [-0.1, -0.05) is 0 Å². The average molecular weight is 398 g/mol. The molecule has 27 heavy (non-hydrogen) atoms. The second kappa shape index (κ2) is 8.94. The normalized spacial score (nSPS) is 22.5. The van der Waals surface area contributed by atoms with Crippen LogP contribution in [0.1, 0.15) is 23.7 Å². The Morgan fingerprint density at radius 3 is 2.63 bits per heavy atom. The molecule has 2 aliphatic heterocycles. The summed E-state index contributed by atoms with van der Waals surface area (Å²) in [5.41, 5.74) is 0.399. The lowest BCUT2D eigenvalue weighted by molar-refractivity contribution is 0.0383. The molecular formula is C17H27N5O4S. The fourth-order valence-corrected chi connectivity index (χ4v) is 5.16. The van der Waals surface area contributed by atoms with E-state index in [1.807, 2.05) is 11.8 Å². The molecule has 0 bridgehead atoms. The quantitative estimate of drug-likeness (QED) is 0.660. The van der Waals surface area contributed by atoms with Crippen LogP contribution < -0.4 is 10.2 Å². The molecule has 2 saturated heterocycles. The molecule has 150 valence electrons. The summed E-state index contributed by atoms with van der Waals surface area (Å²) >= 11 is 0. The van der Waals surface area contributed by atoms with Crippen molar-refractivity contribution in [3.8, 4) is 0 Å². The van der Waals surface area contributed by atoms with Crippen LogP contribution in [0.4, 0.5) is 5.95 Å². The number of nitrogens with zero attached hydrogens (tertiary/aromatic N) is 4. The van der Waals surface area contributed by atoms with Crippen molar-refractivity contribution in [2.45, 2.75) is 19.4 Å². The lowest BCUT2D eigenvalue weighted by atomic mass is 10.2. The first kappa shape index (κ1) is 20.0.